The van der Waals surface area contributed by atoms with Crippen molar-refractivity contribution in [3.05, 3.63) is 38.4 Å². The molecule has 150 valence electrons. The van der Waals surface area contributed by atoms with Gasteiger partial charge in [-0.3, -0.25) is 14.3 Å². The number of aromatic nitrogens is 5. The van der Waals surface area contributed by atoms with Gasteiger partial charge in [0.2, 0.25) is 0 Å². The first kappa shape index (κ1) is 20.2. The van der Waals surface area contributed by atoms with Crippen LogP contribution in [0, 0.1) is 0 Å². The summed E-state index contributed by atoms with van der Waals surface area (Å²) in [6.07, 6.45) is 2.63. The molecule has 1 aliphatic carbocycles. The second kappa shape index (κ2) is 7.14. The quantitative estimate of drug-likeness (QED) is 0.677. The molecule has 0 unspecified atom stereocenters. The number of fused-ring (bicyclic) bond motifs is 1. The van der Waals surface area contributed by atoms with E-state index in [-0.39, 0.29) is 29.6 Å². The Balaban J connectivity index is 0.00000225. The SMILES string of the molecule is CCn1c(=O)[nH]c(=O)c2c(-c3nc(C4(N)CCC4)no3)cc(C(C)C)nc21.Cl. The molecule has 1 saturated carbocycles. The van der Waals surface area contributed by atoms with Crippen LogP contribution in [0.15, 0.2) is 20.2 Å². The molecule has 1 fully saturated rings. The number of nitrogens with two attached hydrogens (primary N) is 1. The van der Waals surface area contributed by atoms with Crippen LogP contribution >= 0.6 is 12.4 Å². The van der Waals surface area contributed by atoms with E-state index in [1.54, 1.807) is 6.07 Å². The van der Waals surface area contributed by atoms with Gasteiger partial charge in [-0.05, 0) is 38.2 Å². The lowest BCUT2D eigenvalue weighted by molar-refractivity contribution is 0.229. The number of hydrogen-bond acceptors (Lipinski definition) is 7. The van der Waals surface area contributed by atoms with Gasteiger partial charge in [-0.1, -0.05) is 19.0 Å². The Morgan fingerprint density at radius 3 is 2.61 bits per heavy atom. The Hall–Kier alpha value is -2.52. The lowest BCUT2D eigenvalue weighted by atomic mass is 9.77. The van der Waals surface area contributed by atoms with Crippen LogP contribution < -0.4 is 17.0 Å². The molecule has 0 atom stereocenters. The minimum Gasteiger partial charge on any atom is -0.334 e. The summed E-state index contributed by atoms with van der Waals surface area (Å²) in [6.45, 7) is 6.17. The highest BCUT2D eigenvalue weighted by Crippen LogP contribution is 2.38. The fraction of sp³-hybridized carbons (Fsp3) is 0.500. The van der Waals surface area contributed by atoms with Gasteiger partial charge in [0, 0.05) is 12.2 Å². The van der Waals surface area contributed by atoms with E-state index in [4.69, 9.17) is 10.3 Å². The molecule has 0 spiro atoms. The lowest BCUT2D eigenvalue weighted by Gasteiger charge is -2.34. The Morgan fingerprint density at radius 1 is 1.32 bits per heavy atom. The van der Waals surface area contributed by atoms with Crippen LogP contribution in [-0.2, 0) is 12.1 Å². The molecule has 3 N–H and O–H groups in total. The van der Waals surface area contributed by atoms with E-state index in [1.807, 2.05) is 20.8 Å². The van der Waals surface area contributed by atoms with E-state index in [9.17, 15) is 9.59 Å². The first-order chi connectivity index (χ1) is 12.8. The third-order valence-electron chi connectivity index (χ3n) is 5.22. The van der Waals surface area contributed by atoms with Crippen molar-refractivity contribution >= 4 is 23.4 Å². The molecule has 3 heterocycles. The predicted octanol–water partition coefficient (Wildman–Crippen LogP) is 2.04. The van der Waals surface area contributed by atoms with E-state index in [2.05, 4.69) is 20.1 Å². The van der Waals surface area contributed by atoms with Gasteiger partial charge in [0.1, 0.15) is 0 Å². The van der Waals surface area contributed by atoms with Crippen molar-refractivity contribution in [3.8, 4) is 11.5 Å². The average molecular weight is 407 g/mol. The summed E-state index contributed by atoms with van der Waals surface area (Å²) in [5, 5.41) is 4.31. The zero-order valence-electron chi connectivity index (χ0n) is 16.0. The highest BCUT2D eigenvalue weighted by molar-refractivity contribution is 5.90. The number of nitrogens with zero attached hydrogens (tertiary/aromatic N) is 4. The van der Waals surface area contributed by atoms with Gasteiger partial charge in [0.15, 0.2) is 11.5 Å². The van der Waals surface area contributed by atoms with Gasteiger partial charge in [0.25, 0.3) is 11.4 Å². The van der Waals surface area contributed by atoms with Gasteiger partial charge >= 0.3 is 5.69 Å². The zero-order valence-corrected chi connectivity index (χ0v) is 16.8. The fourth-order valence-corrected chi connectivity index (χ4v) is 3.37. The van der Waals surface area contributed by atoms with Crippen molar-refractivity contribution in [1.29, 1.82) is 0 Å². The molecule has 0 amide bonds. The maximum Gasteiger partial charge on any atom is 0.329 e. The van der Waals surface area contributed by atoms with Crippen molar-refractivity contribution in [2.24, 2.45) is 5.73 Å². The molecule has 3 aromatic heterocycles. The van der Waals surface area contributed by atoms with Crippen molar-refractivity contribution in [2.45, 2.75) is 58.0 Å². The summed E-state index contributed by atoms with van der Waals surface area (Å²) in [4.78, 5) is 36.2. The second-order valence-corrected chi connectivity index (χ2v) is 7.38. The topological polar surface area (TPSA) is 133 Å². The number of aromatic amines is 1. The number of rotatable bonds is 4. The molecule has 0 radical (unpaired) electrons. The van der Waals surface area contributed by atoms with Crippen LogP contribution in [0.2, 0.25) is 0 Å². The largest absolute Gasteiger partial charge is 0.334 e. The molecular weight excluding hydrogens is 384 g/mol. The second-order valence-electron chi connectivity index (χ2n) is 7.38. The van der Waals surface area contributed by atoms with E-state index < -0.39 is 16.8 Å². The number of aryl methyl sites for hydroxylation is 1. The molecule has 28 heavy (non-hydrogen) atoms. The summed E-state index contributed by atoms with van der Waals surface area (Å²) in [7, 11) is 0. The summed E-state index contributed by atoms with van der Waals surface area (Å²) >= 11 is 0. The molecule has 3 aromatic rings. The smallest absolute Gasteiger partial charge is 0.329 e. The molecule has 10 heteroatoms. The summed E-state index contributed by atoms with van der Waals surface area (Å²) in [6, 6.07) is 1.77. The van der Waals surface area contributed by atoms with Crippen LogP contribution in [0.4, 0.5) is 0 Å². The zero-order chi connectivity index (χ0) is 19.3. The van der Waals surface area contributed by atoms with E-state index in [0.717, 1.165) is 25.0 Å². The molecule has 0 aromatic carbocycles. The van der Waals surface area contributed by atoms with Crippen LogP contribution in [0.25, 0.3) is 22.5 Å². The average Bonchev–Trinajstić information content (AvgIpc) is 3.09. The molecule has 0 saturated heterocycles. The maximum absolute atomic E-state index is 12.6. The number of H-pyrrole nitrogens is 1. The van der Waals surface area contributed by atoms with Crippen LogP contribution in [-0.4, -0.2) is 24.7 Å². The fourth-order valence-electron chi connectivity index (χ4n) is 3.37. The molecule has 4 rings (SSSR count). The number of hydrogen-bond donors (Lipinski definition) is 2. The highest BCUT2D eigenvalue weighted by atomic mass is 35.5. The van der Waals surface area contributed by atoms with E-state index >= 15 is 0 Å². The summed E-state index contributed by atoms with van der Waals surface area (Å²) in [5.74, 6) is 0.741. The van der Waals surface area contributed by atoms with Crippen LogP contribution in [0.1, 0.15) is 57.5 Å². The number of pyridine rings is 1. The van der Waals surface area contributed by atoms with Crippen LogP contribution in [0.3, 0.4) is 0 Å². The Labute approximate surface area is 166 Å². The first-order valence-electron chi connectivity index (χ1n) is 9.15. The van der Waals surface area contributed by atoms with Crippen LogP contribution in [0.5, 0.6) is 0 Å². The Morgan fingerprint density at radius 2 is 2.04 bits per heavy atom. The normalized spacial score (nSPS) is 15.5. The summed E-state index contributed by atoms with van der Waals surface area (Å²) < 4.78 is 6.90. The van der Waals surface area contributed by atoms with Gasteiger partial charge in [0.05, 0.1) is 16.5 Å². The van der Waals surface area contributed by atoms with Gasteiger partial charge < -0.3 is 10.3 Å². The van der Waals surface area contributed by atoms with E-state index in [1.165, 1.54) is 4.57 Å². The van der Waals surface area contributed by atoms with Gasteiger partial charge in [-0.2, -0.15) is 4.98 Å². The van der Waals surface area contributed by atoms with Crippen molar-refractivity contribution in [3.63, 3.8) is 0 Å². The molecule has 9 nitrogen and oxygen atoms in total. The molecule has 0 bridgehead atoms. The minimum absolute atomic E-state index is 0. The standard InChI is InChI=1S/C18H22N6O3.ClH/c1-4-24-13-12(14(25)21-17(24)26)10(8-11(20-13)9(2)3)15-22-16(23-27-15)18(19)6-5-7-18;/h8-9H,4-7,19H2,1-3H3,(H,21,25,26);1H. The number of halogens is 1. The van der Waals surface area contributed by atoms with E-state index in [0.29, 0.717) is 23.6 Å². The third kappa shape index (κ3) is 3.04. The van der Waals surface area contributed by atoms with Gasteiger partial charge in [-0.15, -0.1) is 12.4 Å². The predicted molar refractivity (Wildman–Crippen MR) is 107 cm³/mol. The lowest BCUT2D eigenvalue weighted by Crippen LogP contribution is -2.44. The number of nitrogens with one attached hydrogen (secondary N) is 1. The third-order valence-corrected chi connectivity index (χ3v) is 5.22. The maximum atomic E-state index is 12.6. The Kier molecular flexibility index (Phi) is 5.16. The molecule has 1 aliphatic rings. The highest BCUT2D eigenvalue weighted by Gasteiger charge is 2.39. The molecule has 0 aliphatic heterocycles. The first-order valence-corrected chi connectivity index (χ1v) is 9.15. The summed E-state index contributed by atoms with van der Waals surface area (Å²) in [5.41, 5.74) is 6.23. The monoisotopic (exact) mass is 406 g/mol. The minimum atomic E-state index is -0.566. The Bertz CT molecular complexity index is 1140. The van der Waals surface area contributed by atoms with Gasteiger partial charge in [-0.25, -0.2) is 9.78 Å². The van der Waals surface area contributed by atoms with Crippen molar-refractivity contribution in [2.75, 3.05) is 0 Å². The van der Waals surface area contributed by atoms with Crippen molar-refractivity contribution < 1.29 is 4.52 Å². The molecular formula is C18H23ClN6O3. The van der Waals surface area contributed by atoms with Crippen molar-refractivity contribution in [1.82, 2.24) is 24.7 Å².